The molecule has 0 aliphatic carbocycles. The van der Waals surface area contributed by atoms with Gasteiger partial charge in [-0.3, -0.25) is 9.59 Å². The largest absolute Gasteiger partial charge is 0.493 e. The van der Waals surface area contributed by atoms with E-state index < -0.39 is 12.0 Å². The van der Waals surface area contributed by atoms with Crippen LogP contribution in [0.3, 0.4) is 0 Å². The van der Waals surface area contributed by atoms with E-state index >= 15 is 0 Å². The maximum absolute atomic E-state index is 12.7. The first kappa shape index (κ1) is 17.2. The Morgan fingerprint density at radius 3 is 2.62 bits per heavy atom. The second kappa shape index (κ2) is 8.42. The Hall–Kier alpha value is -1.88. The van der Waals surface area contributed by atoms with Gasteiger partial charge in [-0.2, -0.15) is 0 Å². The molecule has 21 heavy (non-hydrogen) atoms. The van der Waals surface area contributed by atoms with Crippen molar-refractivity contribution in [1.82, 2.24) is 5.32 Å². The van der Waals surface area contributed by atoms with Crippen molar-refractivity contribution in [3.8, 4) is 5.75 Å². The zero-order valence-electron chi connectivity index (χ0n) is 12.8. The van der Waals surface area contributed by atoms with E-state index in [1.807, 2.05) is 26.8 Å². The summed E-state index contributed by atoms with van der Waals surface area (Å²) < 4.78 is 5.50. The van der Waals surface area contributed by atoms with Gasteiger partial charge in [0.05, 0.1) is 18.2 Å². The van der Waals surface area contributed by atoms with Crippen LogP contribution < -0.4 is 10.1 Å². The molecule has 0 radical (unpaired) electrons. The van der Waals surface area contributed by atoms with Crippen LogP contribution in [0.15, 0.2) is 18.2 Å². The Balaban J connectivity index is 3.01. The van der Waals surface area contributed by atoms with Gasteiger partial charge in [0.1, 0.15) is 5.75 Å². The fourth-order valence-corrected chi connectivity index (χ4v) is 2.15. The second-order valence-electron chi connectivity index (χ2n) is 4.84. The summed E-state index contributed by atoms with van der Waals surface area (Å²) in [5.41, 5.74) is 1.48. The smallest absolute Gasteiger partial charge is 0.303 e. The Bertz CT molecular complexity index is 499. The SMILES string of the molecule is CCNC(CCC(=O)O)C(=O)c1cc(C)ccc1OCC. The van der Waals surface area contributed by atoms with E-state index in [0.29, 0.717) is 24.5 Å². The molecule has 1 unspecified atom stereocenters. The Morgan fingerprint density at radius 2 is 2.05 bits per heavy atom. The average molecular weight is 293 g/mol. The lowest BCUT2D eigenvalue weighted by molar-refractivity contribution is -0.137. The third-order valence-corrected chi connectivity index (χ3v) is 3.11. The van der Waals surface area contributed by atoms with Crippen LogP contribution in [0, 0.1) is 6.92 Å². The molecular formula is C16H23NO4. The number of ketones is 1. The number of carboxylic acids is 1. The Labute approximate surface area is 125 Å². The minimum Gasteiger partial charge on any atom is -0.493 e. The number of Topliss-reactive ketones (excluding diaryl/α,β-unsaturated/α-hetero) is 1. The number of carbonyl (C=O) groups excluding carboxylic acids is 1. The number of nitrogens with one attached hydrogen (secondary N) is 1. The zero-order chi connectivity index (χ0) is 15.8. The first-order valence-electron chi connectivity index (χ1n) is 7.22. The first-order valence-corrected chi connectivity index (χ1v) is 7.22. The second-order valence-corrected chi connectivity index (χ2v) is 4.84. The van der Waals surface area contributed by atoms with Gasteiger partial charge in [0.25, 0.3) is 0 Å². The maximum atomic E-state index is 12.7. The minimum absolute atomic E-state index is 0.0425. The average Bonchev–Trinajstić information content (AvgIpc) is 2.44. The predicted octanol–water partition coefficient (Wildman–Crippen LogP) is 2.42. The summed E-state index contributed by atoms with van der Waals surface area (Å²) in [7, 11) is 0. The van der Waals surface area contributed by atoms with Crippen LogP contribution in [0.25, 0.3) is 0 Å². The lowest BCUT2D eigenvalue weighted by Crippen LogP contribution is -2.37. The molecule has 0 saturated heterocycles. The highest BCUT2D eigenvalue weighted by Crippen LogP contribution is 2.22. The van der Waals surface area contributed by atoms with Gasteiger partial charge in [-0.25, -0.2) is 0 Å². The number of aliphatic carboxylic acids is 1. The van der Waals surface area contributed by atoms with Crippen molar-refractivity contribution in [2.75, 3.05) is 13.2 Å². The number of carboxylic acid groups (broad SMARTS) is 1. The molecule has 1 aromatic rings. The van der Waals surface area contributed by atoms with Gasteiger partial charge < -0.3 is 15.2 Å². The van der Waals surface area contributed by atoms with Crippen LogP contribution in [-0.2, 0) is 4.79 Å². The first-order chi connectivity index (χ1) is 9.99. The lowest BCUT2D eigenvalue weighted by atomic mass is 9.98. The van der Waals surface area contributed by atoms with Crippen molar-refractivity contribution in [3.63, 3.8) is 0 Å². The number of benzene rings is 1. The van der Waals surface area contributed by atoms with Crippen LogP contribution in [0.2, 0.25) is 0 Å². The van der Waals surface area contributed by atoms with Crippen molar-refractivity contribution < 1.29 is 19.4 Å². The van der Waals surface area contributed by atoms with E-state index in [1.54, 1.807) is 12.1 Å². The standard InChI is InChI=1S/C16H23NO4/c1-4-17-13(7-9-15(18)19)16(20)12-10-11(3)6-8-14(12)21-5-2/h6,8,10,13,17H,4-5,7,9H2,1-3H3,(H,18,19). The summed E-state index contributed by atoms with van der Waals surface area (Å²) in [6, 6.07) is 4.96. The Morgan fingerprint density at radius 1 is 1.33 bits per heavy atom. The highest BCUT2D eigenvalue weighted by molar-refractivity contribution is 6.02. The zero-order valence-corrected chi connectivity index (χ0v) is 12.8. The minimum atomic E-state index is -0.903. The molecule has 0 fully saturated rings. The predicted molar refractivity (Wildman–Crippen MR) is 81.0 cm³/mol. The van der Waals surface area contributed by atoms with Gasteiger partial charge in [-0.1, -0.05) is 18.6 Å². The molecule has 0 aliphatic rings. The molecule has 0 aliphatic heterocycles. The summed E-state index contributed by atoms with van der Waals surface area (Å²) in [6.07, 6.45) is 0.223. The molecule has 0 heterocycles. The van der Waals surface area contributed by atoms with Crippen LogP contribution in [0.1, 0.15) is 42.6 Å². The molecule has 0 spiro atoms. The number of ether oxygens (including phenoxy) is 1. The number of carbonyl (C=O) groups is 2. The molecular weight excluding hydrogens is 270 g/mol. The van der Waals surface area contributed by atoms with Crippen LogP contribution >= 0.6 is 0 Å². The van der Waals surface area contributed by atoms with E-state index in [2.05, 4.69) is 5.32 Å². The molecule has 1 rings (SSSR count). The van der Waals surface area contributed by atoms with Gasteiger partial charge in [-0.05, 0) is 38.9 Å². The van der Waals surface area contributed by atoms with Crippen molar-refractivity contribution in [1.29, 1.82) is 0 Å². The summed E-state index contributed by atoms with van der Waals surface area (Å²) in [4.78, 5) is 23.4. The summed E-state index contributed by atoms with van der Waals surface area (Å²) >= 11 is 0. The molecule has 5 heteroatoms. The number of hydrogen-bond acceptors (Lipinski definition) is 4. The maximum Gasteiger partial charge on any atom is 0.303 e. The molecule has 0 amide bonds. The number of likely N-dealkylation sites (N-methyl/N-ethyl adjacent to an activating group) is 1. The van der Waals surface area contributed by atoms with Gasteiger partial charge in [0.2, 0.25) is 0 Å². The fraction of sp³-hybridized carbons (Fsp3) is 0.500. The van der Waals surface area contributed by atoms with Gasteiger partial charge in [0, 0.05) is 6.42 Å². The molecule has 0 aromatic heterocycles. The van der Waals surface area contributed by atoms with Crippen molar-refractivity contribution in [3.05, 3.63) is 29.3 Å². The third-order valence-electron chi connectivity index (χ3n) is 3.11. The van der Waals surface area contributed by atoms with Crippen LogP contribution in [0.4, 0.5) is 0 Å². The quantitative estimate of drug-likeness (QED) is 0.684. The summed E-state index contributed by atoms with van der Waals surface area (Å²) in [5.74, 6) is -0.475. The number of aryl methyl sites for hydroxylation is 1. The van der Waals surface area contributed by atoms with Gasteiger partial charge in [0.15, 0.2) is 5.78 Å². The lowest BCUT2D eigenvalue weighted by Gasteiger charge is -2.18. The normalized spacial score (nSPS) is 12.0. The fourth-order valence-electron chi connectivity index (χ4n) is 2.15. The van der Waals surface area contributed by atoms with Gasteiger partial charge >= 0.3 is 5.97 Å². The molecule has 0 bridgehead atoms. The van der Waals surface area contributed by atoms with E-state index in [0.717, 1.165) is 5.56 Å². The molecule has 2 N–H and O–H groups in total. The number of rotatable bonds is 9. The highest BCUT2D eigenvalue weighted by Gasteiger charge is 2.23. The van der Waals surface area contributed by atoms with E-state index in [9.17, 15) is 9.59 Å². The van der Waals surface area contributed by atoms with Crippen molar-refractivity contribution in [2.45, 2.75) is 39.7 Å². The topological polar surface area (TPSA) is 75.6 Å². The van der Waals surface area contributed by atoms with E-state index in [1.165, 1.54) is 0 Å². The van der Waals surface area contributed by atoms with Crippen molar-refractivity contribution in [2.24, 2.45) is 0 Å². The molecule has 1 aromatic carbocycles. The number of hydrogen-bond donors (Lipinski definition) is 2. The highest BCUT2D eigenvalue weighted by atomic mass is 16.5. The van der Waals surface area contributed by atoms with Gasteiger partial charge in [-0.15, -0.1) is 0 Å². The molecule has 116 valence electrons. The monoisotopic (exact) mass is 293 g/mol. The molecule has 0 saturated carbocycles. The summed E-state index contributed by atoms with van der Waals surface area (Å²) in [6.45, 7) is 6.74. The molecule has 1 atom stereocenters. The van der Waals surface area contributed by atoms with Crippen LogP contribution in [-0.4, -0.2) is 36.1 Å². The van der Waals surface area contributed by atoms with E-state index in [4.69, 9.17) is 9.84 Å². The van der Waals surface area contributed by atoms with Crippen LogP contribution in [0.5, 0.6) is 5.75 Å². The third kappa shape index (κ3) is 5.19. The molecule has 5 nitrogen and oxygen atoms in total. The van der Waals surface area contributed by atoms with Crippen molar-refractivity contribution >= 4 is 11.8 Å². The van der Waals surface area contributed by atoms with E-state index in [-0.39, 0.29) is 18.6 Å². The summed E-state index contributed by atoms with van der Waals surface area (Å²) in [5, 5.41) is 11.9. The Kier molecular flexibility index (Phi) is 6.88.